The largest absolute Gasteiger partial charge is 0.381 e. The van der Waals surface area contributed by atoms with E-state index in [-0.39, 0.29) is 11.7 Å². The summed E-state index contributed by atoms with van der Waals surface area (Å²) in [6.07, 6.45) is 4.91. The van der Waals surface area contributed by atoms with Crippen LogP contribution < -0.4 is 4.90 Å². The van der Waals surface area contributed by atoms with E-state index in [1.165, 1.54) is 5.56 Å². The summed E-state index contributed by atoms with van der Waals surface area (Å²) in [6.45, 7) is 2.23. The smallest absolute Gasteiger partial charge is 0.227 e. The number of nitrogens with one attached hydrogen (secondary N) is 1. The molecule has 1 fully saturated rings. The molecule has 1 aromatic carbocycles. The van der Waals surface area contributed by atoms with Crippen molar-refractivity contribution in [1.82, 2.24) is 15.0 Å². The van der Waals surface area contributed by atoms with Gasteiger partial charge in [-0.2, -0.15) is 10.2 Å². The molecule has 30 heavy (non-hydrogen) atoms. The van der Waals surface area contributed by atoms with Crippen LogP contribution in [0.1, 0.15) is 42.3 Å². The zero-order valence-corrected chi connectivity index (χ0v) is 17.1. The molecule has 5 rings (SSSR count). The van der Waals surface area contributed by atoms with E-state index in [2.05, 4.69) is 19.9 Å². The Morgan fingerprint density at radius 2 is 2.30 bits per heavy atom. The van der Waals surface area contributed by atoms with Gasteiger partial charge in [0.05, 0.1) is 12.2 Å². The SMILES string of the molecule is N#Cc1nc(N2CCc3c([nH]c4ccc(Cl)cc34)[C@@H]2C[C@@H]2CCCOC2)ncc1F. The number of H-pyrrole nitrogens is 1. The predicted molar refractivity (Wildman–Crippen MR) is 112 cm³/mol. The van der Waals surface area contributed by atoms with Crippen LogP contribution in [0, 0.1) is 23.1 Å². The molecule has 2 aliphatic heterocycles. The fourth-order valence-electron chi connectivity index (χ4n) is 4.71. The molecule has 8 heteroatoms. The molecule has 0 amide bonds. The van der Waals surface area contributed by atoms with Gasteiger partial charge in [0.15, 0.2) is 11.5 Å². The Bertz CT molecular complexity index is 1130. The van der Waals surface area contributed by atoms with Crippen molar-refractivity contribution in [3.05, 3.63) is 52.2 Å². The molecule has 0 unspecified atom stereocenters. The molecule has 0 spiro atoms. The number of benzene rings is 1. The lowest BCUT2D eigenvalue weighted by molar-refractivity contribution is 0.0483. The maximum atomic E-state index is 13.8. The highest BCUT2D eigenvalue weighted by atomic mass is 35.5. The number of aromatic amines is 1. The van der Waals surface area contributed by atoms with E-state index in [0.717, 1.165) is 61.7 Å². The molecular weight excluding hydrogens is 405 g/mol. The molecule has 0 aliphatic carbocycles. The highest BCUT2D eigenvalue weighted by molar-refractivity contribution is 6.31. The van der Waals surface area contributed by atoms with Crippen molar-refractivity contribution in [3.8, 4) is 6.07 Å². The van der Waals surface area contributed by atoms with Crippen molar-refractivity contribution in [2.75, 3.05) is 24.7 Å². The third kappa shape index (κ3) is 3.40. The third-order valence-corrected chi connectivity index (χ3v) is 6.35. The zero-order valence-electron chi connectivity index (χ0n) is 16.4. The minimum Gasteiger partial charge on any atom is -0.381 e. The Balaban J connectivity index is 1.58. The molecule has 1 N–H and O–H groups in total. The van der Waals surface area contributed by atoms with Crippen LogP contribution in [0.25, 0.3) is 10.9 Å². The van der Waals surface area contributed by atoms with Crippen molar-refractivity contribution in [3.63, 3.8) is 0 Å². The Hall–Kier alpha value is -2.69. The number of fused-ring (bicyclic) bond motifs is 3. The summed E-state index contributed by atoms with van der Waals surface area (Å²) >= 11 is 6.26. The molecule has 2 aliphatic rings. The van der Waals surface area contributed by atoms with E-state index in [4.69, 9.17) is 16.3 Å². The number of hydrogen-bond donors (Lipinski definition) is 1. The van der Waals surface area contributed by atoms with Crippen molar-refractivity contribution in [2.24, 2.45) is 5.92 Å². The second-order valence-electron chi connectivity index (χ2n) is 7.96. The summed E-state index contributed by atoms with van der Waals surface area (Å²) in [5.41, 5.74) is 3.20. The average molecular weight is 426 g/mol. The molecule has 6 nitrogen and oxygen atoms in total. The van der Waals surface area contributed by atoms with E-state index in [0.29, 0.717) is 23.4 Å². The van der Waals surface area contributed by atoms with E-state index in [1.807, 2.05) is 24.3 Å². The monoisotopic (exact) mass is 425 g/mol. The molecule has 154 valence electrons. The summed E-state index contributed by atoms with van der Waals surface area (Å²) in [7, 11) is 0. The van der Waals surface area contributed by atoms with Crippen LogP contribution in [0.2, 0.25) is 5.02 Å². The third-order valence-electron chi connectivity index (χ3n) is 6.12. The van der Waals surface area contributed by atoms with Crippen molar-refractivity contribution >= 4 is 28.5 Å². The number of hydrogen-bond acceptors (Lipinski definition) is 5. The predicted octanol–water partition coefficient (Wildman–Crippen LogP) is 4.54. The van der Waals surface area contributed by atoms with Crippen LogP contribution in [0.15, 0.2) is 24.4 Å². The molecular formula is C22H21ClFN5O. The molecule has 4 heterocycles. The van der Waals surface area contributed by atoms with Gasteiger partial charge in [-0.3, -0.25) is 0 Å². The number of ether oxygens (including phenoxy) is 1. The van der Waals surface area contributed by atoms with Crippen LogP contribution >= 0.6 is 11.6 Å². The molecule has 0 radical (unpaired) electrons. The minimum atomic E-state index is -0.698. The average Bonchev–Trinajstić information content (AvgIpc) is 3.13. The maximum absolute atomic E-state index is 13.8. The van der Waals surface area contributed by atoms with Crippen LogP contribution in [-0.4, -0.2) is 34.7 Å². The van der Waals surface area contributed by atoms with Crippen molar-refractivity contribution in [1.29, 1.82) is 5.26 Å². The first kappa shape index (κ1) is 19.3. The second-order valence-corrected chi connectivity index (χ2v) is 8.40. The van der Waals surface area contributed by atoms with E-state index >= 15 is 0 Å². The maximum Gasteiger partial charge on any atom is 0.227 e. The topological polar surface area (TPSA) is 77.8 Å². The number of halogens is 2. The van der Waals surface area contributed by atoms with Crippen LogP contribution in [-0.2, 0) is 11.2 Å². The summed E-state index contributed by atoms with van der Waals surface area (Å²) in [4.78, 5) is 14.1. The highest BCUT2D eigenvalue weighted by Gasteiger charge is 2.34. The van der Waals surface area contributed by atoms with Crippen LogP contribution in [0.3, 0.4) is 0 Å². The fourth-order valence-corrected chi connectivity index (χ4v) is 4.88. The van der Waals surface area contributed by atoms with Gasteiger partial charge < -0.3 is 14.6 Å². The number of nitrogens with zero attached hydrogens (tertiary/aromatic N) is 4. The Morgan fingerprint density at radius 3 is 3.10 bits per heavy atom. The Morgan fingerprint density at radius 1 is 1.40 bits per heavy atom. The second kappa shape index (κ2) is 7.86. The quantitative estimate of drug-likeness (QED) is 0.666. The first-order chi connectivity index (χ1) is 14.6. The number of anilines is 1. The van der Waals surface area contributed by atoms with E-state index in [9.17, 15) is 9.65 Å². The first-order valence-electron chi connectivity index (χ1n) is 10.2. The summed E-state index contributed by atoms with van der Waals surface area (Å²) in [5, 5.41) is 11.1. The lowest BCUT2D eigenvalue weighted by Crippen LogP contribution is -2.38. The van der Waals surface area contributed by atoms with Gasteiger partial charge in [0.25, 0.3) is 0 Å². The summed E-state index contributed by atoms with van der Waals surface area (Å²) in [5.74, 6) is 0.108. The van der Waals surface area contributed by atoms with Crippen LogP contribution in [0.5, 0.6) is 0 Å². The number of nitriles is 1. The molecule has 2 atom stereocenters. The van der Waals surface area contributed by atoms with Gasteiger partial charge >= 0.3 is 0 Å². The molecule has 3 aromatic rings. The van der Waals surface area contributed by atoms with Gasteiger partial charge in [-0.25, -0.2) is 9.37 Å². The van der Waals surface area contributed by atoms with Crippen molar-refractivity contribution < 1.29 is 9.13 Å². The fraction of sp³-hybridized carbons (Fsp3) is 0.409. The number of aromatic nitrogens is 3. The lowest BCUT2D eigenvalue weighted by Gasteiger charge is -2.38. The summed E-state index contributed by atoms with van der Waals surface area (Å²) < 4.78 is 19.5. The molecule has 0 bridgehead atoms. The summed E-state index contributed by atoms with van der Waals surface area (Å²) in [6, 6.07) is 7.70. The van der Waals surface area contributed by atoms with Gasteiger partial charge in [0.2, 0.25) is 5.95 Å². The van der Waals surface area contributed by atoms with Crippen LogP contribution in [0.4, 0.5) is 10.3 Å². The van der Waals surface area contributed by atoms with Gasteiger partial charge in [0.1, 0.15) is 6.07 Å². The molecule has 0 saturated carbocycles. The first-order valence-corrected chi connectivity index (χ1v) is 10.6. The van der Waals surface area contributed by atoms with Gasteiger partial charge in [-0.1, -0.05) is 11.6 Å². The normalized spacial score (nSPS) is 21.4. The minimum absolute atomic E-state index is 0.0105. The van der Waals surface area contributed by atoms with Crippen molar-refractivity contribution in [2.45, 2.75) is 31.7 Å². The molecule has 1 saturated heterocycles. The standard InChI is InChI=1S/C22H21ClFN5O/c23-14-3-4-18-16(9-14)15-5-6-29(22-26-11-17(24)19(10-25)28-22)20(21(15)27-18)8-13-2-1-7-30-12-13/h3-4,9,11,13,20,27H,1-2,5-8,12H2/t13-,20-/m0/s1. The highest BCUT2D eigenvalue weighted by Crippen LogP contribution is 2.41. The zero-order chi connectivity index (χ0) is 20.7. The van der Waals surface area contributed by atoms with E-state index < -0.39 is 5.82 Å². The Kier molecular flexibility index (Phi) is 5.05. The van der Waals surface area contributed by atoms with Gasteiger partial charge in [0, 0.05) is 41.4 Å². The Labute approximate surface area is 178 Å². The van der Waals surface area contributed by atoms with Gasteiger partial charge in [-0.05, 0) is 55.4 Å². The number of rotatable bonds is 3. The van der Waals surface area contributed by atoms with Gasteiger partial charge in [-0.15, -0.1) is 0 Å². The molecule has 2 aromatic heterocycles. The lowest BCUT2D eigenvalue weighted by atomic mass is 9.88. The van der Waals surface area contributed by atoms with E-state index in [1.54, 1.807) is 0 Å².